The van der Waals surface area contributed by atoms with Crippen molar-refractivity contribution in [2.24, 2.45) is 5.73 Å². The Bertz CT molecular complexity index is 255. The second-order valence-electron chi connectivity index (χ2n) is 3.01. The van der Waals surface area contributed by atoms with Crippen molar-refractivity contribution in [2.45, 2.75) is 19.4 Å². The van der Waals surface area contributed by atoms with E-state index in [1.54, 1.807) is 6.20 Å². The first-order valence-corrected chi connectivity index (χ1v) is 4.22. The summed E-state index contributed by atoms with van der Waals surface area (Å²) in [5, 5.41) is 8.99. The SMILES string of the molecule is CC(N)CCNC(=O)c1cn[nH]c1. The van der Waals surface area contributed by atoms with E-state index in [-0.39, 0.29) is 11.9 Å². The van der Waals surface area contributed by atoms with Gasteiger partial charge in [0.05, 0.1) is 11.8 Å². The van der Waals surface area contributed by atoms with E-state index in [1.165, 1.54) is 6.20 Å². The summed E-state index contributed by atoms with van der Waals surface area (Å²) < 4.78 is 0. The maximum atomic E-state index is 11.3. The molecule has 0 spiro atoms. The molecule has 5 nitrogen and oxygen atoms in total. The van der Waals surface area contributed by atoms with Gasteiger partial charge in [-0.25, -0.2) is 0 Å². The highest BCUT2D eigenvalue weighted by atomic mass is 16.1. The number of aromatic amines is 1. The third-order valence-corrected chi connectivity index (χ3v) is 1.65. The number of H-pyrrole nitrogens is 1. The first kappa shape index (κ1) is 9.73. The molecule has 0 aliphatic carbocycles. The first-order valence-electron chi connectivity index (χ1n) is 4.22. The Hall–Kier alpha value is -1.36. The molecule has 1 amide bonds. The molecule has 1 heterocycles. The Kier molecular flexibility index (Phi) is 3.45. The minimum atomic E-state index is -0.116. The van der Waals surface area contributed by atoms with Crippen molar-refractivity contribution in [1.82, 2.24) is 15.5 Å². The number of aromatic nitrogens is 2. The highest BCUT2D eigenvalue weighted by Crippen LogP contribution is 1.93. The predicted molar refractivity (Wildman–Crippen MR) is 49.2 cm³/mol. The molecule has 0 saturated heterocycles. The number of rotatable bonds is 4. The van der Waals surface area contributed by atoms with Gasteiger partial charge in [-0.1, -0.05) is 0 Å². The lowest BCUT2D eigenvalue weighted by Gasteiger charge is -2.05. The molecule has 5 heteroatoms. The molecule has 4 N–H and O–H groups in total. The van der Waals surface area contributed by atoms with Crippen LogP contribution >= 0.6 is 0 Å². The van der Waals surface area contributed by atoms with Gasteiger partial charge in [-0.2, -0.15) is 5.10 Å². The second kappa shape index (κ2) is 4.61. The van der Waals surface area contributed by atoms with Crippen LogP contribution in [0.4, 0.5) is 0 Å². The molecule has 0 bridgehead atoms. The van der Waals surface area contributed by atoms with Gasteiger partial charge in [0.25, 0.3) is 5.91 Å². The smallest absolute Gasteiger partial charge is 0.254 e. The third kappa shape index (κ3) is 3.25. The molecular weight excluding hydrogens is 168 g/mol. The Morgan fingerprint density at radius 1 is 1.85 bits per heavy atom. The van der Waals surface area contributed by atoms with Crippen LogP contribution in [0.5, 0.6) is 0 Å². The fourth-order valence-electron chi connectivity index (χ4n) is 0.890. The molecule has 13 heavy (non-hydrogen) atoms. The van der Waals surface area contributed by atoms with Gasteiger partial charge in [-0.15, -0.1) is 0 Å². The highest BCUT2D eigenvalue weighted by Gasteiger charge is 2.05. The molecule has 0 aromatic carbocycles. The van der Waals surface area contributed by atoms with Crippen LogP contribution in [-0.4, -0.2) is 28.7 Å². The number of hydrogen-bond donors (Lipinski definition) is 3. The standard InChI is InChI=1S/C8H14N4O/c1-6(9)2-3-10-8(13)7-4-11-12-5-7/h4-6H,2-3,9H2,1H3,(H,10,13)(H,11,12). The average molecular weight is 182 g/mol. The van der Waals surface area contributed by atoms with Gasteiger partial charge in [0.15, 0.2) is 0 Å². The van der Waals surface area contributed by atoms with Gasteiger partial charge in [0, 0.05) is 18.8 Å². The summed E-state index contributed by atoms with van der Waals surface area (Å²) in [6, 6.07) is 0.115. The molecular formula is C8H14N4O. The van der Waals surface area contributed by atoms with Crippen LogP contribution in [0.1, 0.15) is 23.7 Å². The van der Waals surface area contributed by atoms with Crippen LogP contribution in [0.15, 0.2) is 12.4 Å². The molecule has 0 saturated carbocycles. The normalized spacial score (nSPS) is 12.5. The summed E-state index contributed by atoms with van der Waals surface area (Å²) in [6.07, 6.45) is 3.83. The quantitative estimate of drug-likeness (QED) is 0.606. The Morgan fingerprint density at radius 2 is 2.62 bits per heavy atom. The van der Waals surface area contributed by atoms with Crippen LogP contribution in [0, 0.1) is 0 Å². The molecule has 1 unspecified atom stereocenters. The monoisotopic (exact) mass is 182 g/mol. The van der Waals surface area contributed by atoms with Crippen molar-refractivity contribution in [3.8, 4) is 0 Å². The van der Waals surface area contributed by atoms with Crippen LogP contribution < -0.4 is 11.1 Å². The largest absolute Gasteiger partial charge is 0.352 e. The number of hydrogen-bond acceptors (Lipinski definition) is 3. The van der Waals surface area contributed by atoms with E-state index in [2.05, 4.69) is 15.5 Å². The lowest BCUT2D eigenvalue weighted by molar-refractivity contribution is 0.0953. The molecule has 1 aromatic heterocycles. The van der Waals surface area contributed by atoms with E-state index in [1.807, 2.05) is 6.92 Å². The van der Waals surface area contributed by atoms with E-state index in [0.717, 1.165) is 6.42 Å². The number of nitrogens with one attached hydrogen (secondary N) is 2. The number of amides is 1. The fraction of sp³-hybridized carbons (Fsp3) is 0.500. The molecule has 0 aliphatic heterocycles. The van der Waals surface area contributed by atoms with Crippen molar-refractivity contribution >= 4 is 5.91 Å². The van der Waals surface area contributed by atoms with E-state index in [0.29, 0.717) is 12.1 Å². The second-order valence-corrected chi connectivity index (χ2v) is 3.01. The van der Waals surface area contributed by atoms with Crippen LogP contribution in [-0.2, 0) is 0 Å². The van der Waals surface area contributed by atoms with Crippen LogP contribution in [0.25, 0.3) is 0 Å². The van der Waals surface area contributed by atoms with Crippen molar-refractivity contribution in [3.63, 3.8) is 0 Å². The van der Waals surface area contributed by atoms with Gasteiger partial charge in [0.1, 0.15) is 0 Å². The molecule has 1 aromatic rings. The topological polar surface area (TPSA) is 83.8 Å². The number of carbonyl (C=O) groups excluding carboxylic acids is 1. The Balaban J connectivity index is 2.27. The number of nitrogens with zero attached hydrogens (tertiary/aromatic N) is 1. The highest BCUT2D eigenvalue weighted by molar-refractivity contribution is 5.93. The van der Waals surface area contributed by atoms with Crippen molar-refractivity contribution < 1.29 is 4.79 Å². The molecule has 1 atom stereocenters. The molecule has 0 fully saturated rings. The fourth-order valence-corrected chi connectivity index (χ4v) is 0.890. The maximum absolute atomic E-state index is 11.3. The number of carbonyl (C=O) groups is 1. The molecule has 0 aliphatic rings. The zero-order chi connectivity index (χ0) is 9.68. The maximum Gasteiger partial charge on any atom is 0.254 e. The summed E-state index contributed by atoms with van der Waals surface area (Å²) in [5.41, 5.74) is 6.07. The van der Waals surface area contributed by atoms with E-state index >= 15 is 0 Å². The minimum Gasteiger partial charge on any atom is -0.352 e. The average Bonchev–Trinajstić information content (AvgIpc) is 2.55. The Morgan fingerprint density at radius 3 is 3.15 bits per heavy atom. The Labute approximate surface area is 76.7 Å². The van der Waals surface area contributed by atoms with Gasteiger partial charge in [0.2, 0.25) is 0 Å². The molecule has 72 valence electrons. The summed E-state index contributed by atoms with van der Waals surface area (Å²) in [5.74, 6) is -0.116. The first-order chi connectivity index (χ1) is 6.20. The predicted octanol–water partition coefficient (Wildman–Crippen LogP) is -0.123. The zero-order valence-electron chi connectivity index (χ0n) is 7.58. The summed E-state index contributed by atoms with van der Waals surface area (Å²) >= 11 is 0. The van der Waals surface area contributed by atoms with E-state index < -0.39 is 0 Å². The van der Waals surface area contributed by atoms with Crippen molar-refractivity contribution in [1.29, 1.82) is 0 Å². The van der Waals surface area contributed by atoms with Crippen molar-refractivity contribution in [3.05, 3.63) is 18.0 Å². The third-order valence-electron chi connectivity index (χ3n) is 1.65. The summed E-state index contributed by atoms with van der Waals surface area (Å²) in [6.45, 7) is 2.51. The van der Waals surface area contributed by atoms with Gasteiger partial charge < -0.3 is 11.1 Å². The lowest BCUT2D eigenvalue weighted by atomic mass is 10.2. The van der Waals surface area contributed by atoms with Crippen molar-refractivity contribution in [2.75, 3.05) is 6.54 Å². The lowest BCUT2D eigenvalue weighted by Crippen LogP contribution is -2.28. The minimum absolute atomic E-state index is 0.115. The van der Waals surface area contributed by atoms with Crippen LogP contribution in [0.3, 0.4) is 0 Å². The number of nitrogens with two attached hydrogens (primary N) is 1. The van der Waals surface area contributed by atoms with Gasteiger partial charge in [-0.05, 0) is 13.3 Å². The van der Waals surface area contributed by atoms with Crippen LogP contribution in [0.2, 0.25) is 0 Å². The van der Waals surface area contributed by atoms with Gasteiger partial charge >= 0.3 is 0 Å². The van der Waals surface area contributed by atoms with E-state index in [4.69, 9.17) is 5.73 Å². The summed E-state index contributed by atoms with van der Waals surface area (Å²) in [7, 11) is 0. The van der Waals surface area contributed by atoms with Gasteiger partial charge in [-0.3, -0.25) is 9.89 Å². The molecule has 1 rings (SSSR count). The zero-order valence-corrected chi connectivity index (χ0v) is 7.58. The molecule has 0 radical (unpaired) electrons. The van der Waals surface area contributed by atoms with E-state index in [9.17, 15) is 4.79 Å². The summed E-state index contributed by atoms with van der Waals surface area (Å²) in [4.78, 5) is 11.3.